The second-order valence-electron chi connectivity index (χ2n) is 5.11. The lowest BCUT2D eigenvalue weighted by atomic mass is 10.0. The first-order chi connectivity index (χ1) is 11.0. The first-order valence-corrected chi connectivity index (χ1v) is 7.29. The summed E-state index contributed by atoms with van der Waals surface area (Å²) in [5.74, 6) is -2.43. The highest BCUT2D eigenvalue weighted by Gasteiger charge is 2.16. The standard InChI is InChI=1S/C18H17NO4/c1-2-3-12-4-6-13(7-5-12)16(20)17(21)19-15-10-8-14(9-11-15)18(22)23/h4-11H,2-3H2,1H3,(H,19,21)(H,22,23). The molecule has 5 heteroatoms. The second-order valence-corrected chi connectivity index (χ2v) is 5.11. The molecule has 0 aromatic heterocycles. The number of rotatable bonds is 6. The number of Topliss-reactive ketones (excluding diaryl/α,β-unsaturated/α-hetero) is 1. The summed E-state index contributed by atoms with van der Waals surface area (Å²) in [5, 5.41) is 11.3. The maximum absolute atomic E-state index is 12.1. The number of amides is 1. The lowest BCUT2D eigenvalue weighted by Gasteiger charge is -2.06. The normalized spacial score (nSPS) is 10.1. The number of hydrogen-bond acceptors (Lipinski definition) is 3. The Morgan fingerprint density at radius 1 is 0.913 bits per heavy atom. The van der Waals surface area contributed by atoms with Gasteiger partial charge in [0.15, 0.2) is 0 Å². The Morgan fingerprint density at radius 3 is 2.00 bits per heavy atom. The van der Waals surface area contributed by atoms with Crippen molar-refractivity contribution in [2.24, 2.45) is 0 Å². The first-order valence-electron chi connectivity index (χ1n) is 7.29. The van der Waals surface area contributed by atoms with Crippen LogP contribution in [-0.2, 0) is 11.2 Å². The molecule has 2 rings (SSSR count). The van der Waals surface area contributed by atoms with Crippen molar-refractivity contribution in [3.8, 4) is 0 Å². The minimum absolute atomic E-state index is 0.112. The Hall–Kier alpha value is -2.95. The van der Waals surface area contributed by atoms with Crippen LogP contribution in [0.15, 0.2) is 48.5 Å². The molecule has 1 amide bonds. The topological polar surface area (TPSA) is 83.5 Å². The number of carbonyl (C=O) groups is 3. The molecule has 0 radical (unpaired) electrons. The molecule has 2 N–H and O–H groups in total. The zero-order valence-corrected chi connectivity index (χ0v) is 12.7. The Bertz CT molecular complexity index is 718. The molecule has 0 bridgehead atoms. The third kappa shape index (κ3) is 4.26. The number of ketones is 1. The van der Waals surface area contributed by atoms with E-state index in [-0.39, 0.29) is 5.56 Å². The maximum Gasteiger partial charge on any atom is 0.335 e. The van der Waals surface area contributed by atoms with Gasteiger partial charge >= 0.3 is 5.97 Å². The van der Waals surface area contributed by atoms with Crippen molar-refractivity contribution >= 4 is 23.3 Å². The third-order valence-corrected chi connectivity index (χ3v) is 3.35. The number of aromatic carboxylic acids is 1. The van der Waals surface area contributed by atoms with Crippen molar-refractivity contribution in [2.75, 3.05) is 5.32 Å². The van der Waals surface area contributed by atoms with Gasteiger partial charge in [0.25, 0.3) is 11.7 Å². The van der Waals surface area contributed by atoms with Gasteiger partial charge in [-0.2, -0.15) is 0 Å². The lowest BCUT2D eigenvalue weighted by Crippen LogP contribution is -2.22. The summed E-state index contributed by atoms with van der Waals surface area (Å²) in [4.78, 5) is 34.8. The molecular formula is C18H17NO4. The zero-order chi connectivity index (χ0) is 16.8. The van der Waals surface area contributed by atoms with E-state index in [4.69, 9.17) is 5.11 Å². The molecule has 5 nitrogen and oxygen atoms in total. The number of carboxylic acid groups (broad SMARTS) is 1. The molecule has 118 valence electrons. The number of aryl methyl sites for hydroxylation is 1. The van der Waals surface area contributed by atoms with Gasteiger partial charge in [0.1, 0.15) is 0 Å². The van der Waals surface area contributed by atoms with Gasteiger partial charge in [0.05, 0.1) is 5.56 Å². The number of hydrogen-bond donors (Lipinski definition) is 2. The van der Waals surface area contributed by atoms with Crippen molar-refractivity contribution in [3.05, 3.63) is 65.2 Å². The molecule has 23 heavy (non-hydrogen) atoms. The summed E-state index contributed by atoms with van der Waals surface area (Å²) in [7, 11) is 0. The maximum atomic E-state index is 12.1. The summed E-state index contributed by atoms with van der Waals surface area (Å²) in [6.07, 6.45) is 1.94. The highest BCUT2D eigenvalue weighted by molar-refractivity contribution is 6.46. The van der Waals surface area contributed by atoms with Crippen LogP contribution >= 0.6 is 0 Å². The van der Waals surface area contributed by atoms with Crippen molar-refractivity contribution in [2.45, 2.75) is 19.8 Å². The quantitative estimate of drug-likeness (QED) is 0.634. The van der Waals surface area contributed by atoms with Gasteiger partial charge in [-0.3, -0.25) is 9.59 Å². The van der Waals surface area contributed by atoms with Gasteiger partial charge < -0.3 is 10.4 Å². The van der Waals surface area contributed by atoms with Crippen LogP contribution in [0, 0.1) is 0 Å². The summed E-state index contributed by atoms with van der Waals surface area (Å²) in [5.41, 5.74) is 1.93. The predicted octanol–water partition coefficient (Wildman–Crippen LogP) is 3.16. The lowest BCUT2D eigenvalue weighted by molar-refractivity contribution is -0.112. The monoisotopic (exact) mass is 311 g/mol. The van der Waals surface area contributed by atoms with E-state index in [1.54, 1.807) is 12.1 Å². The minimum atomic E-state index is -1.05. The summed E-state index contributed by atoms with van der Waals surface area (Å²) >= 11 is 0. The molecule has 0 heterocycles. The molecule has 0 unspecified atom stereocenters. The van der Waals surface area contributed by atoms with Crippen LogP contribution in [0.3, 0.4) is 0 Å². The summed E-state index contributed by atoms with van der Waals surface area (Å²) < 4.78 is 0. The number of anilines is 1. The van der Waals surface area contributed by atoms with Gasteiger partial charge in [-0.1, -0.05) is 37.6 Å². The molecule has 2 aromatic carbocycles. The van der Waals surface area contributed by atoms with Crippen LogP contribution in [0.1, 0.15) is 39.6 Å². The van der Waals surface area contributed by atoms with Gasteiger partial charge in [-0.05, 0) is 36.2 Å². The molecule has 0 atom stereocenters. The smallest absolute Gasteiger partial charge is 0.335 e. The van der Waals surface area contributed by atoms with Crippen LogP contribution in [-0.4, -0.2) is 22.8 Å². The Balaban J connectivity index is 2.04. The second kappa shape index (κ2) is 7.35. The van der Waals surface area contributed by atoms with Crippen LogP contribution in [0.4, 0.5) is 5.69 Å². The van der Waals surface area contributed by atoms with Crippen LogP contribution in [0.2, 0.25) is 0 Å². The zero-order valence-electron chi connectivity index (χ0n) is 12.7. The molecule has 0 saturated heterocycles. The fourth-order valence-corrected chi connectivity index (χ4v) is 2.13. The van der Waals surface area contributed by atoms with Crippen molar-refractivity contribution < 1.29 is 19.5 Å². The first kappa shape index (κ1) is 16.4. The Kier molecular flexibility index (Phi) is 5.25. The molecular weight excluding hydrogens is 294 g/mol. The van der Waals surface area contributed by atoms with E-state index >= 15 is 0 Å². The SMILES string of the molecule is CCCc1ccc(C(=O)C(=O)Nc2ccc(C(=O)O)cc2)cc1. The van der Waals surface area contributed by atoms with Crippen molar-refractivity contribution in [1.29, 1.82) is 0 Å². The van der Waals surface area contributed by atoms with E-state index in [0.29, 0.717) is 11.3 Å². The fourth-order valence-electron chi connectivity index (χ4n) is 2.13. The molecule has 0 saturated carbocycles. The van der Waals surface area contributed by atoms with Crippen LogP contribution in [0.25, 0.3) is 0 Å². The highest BCUT2D eigenvalue weighted by Crippen LogP contribution is 2.12. The van der Waals surface area contributed by atoms with Gasteiger partial charge in [0, 0.05) is 11.3 Å². The van der Waals surface area contributed by atoms with E-state index < -0.39 is 17.7 Å². The van der Waals surface area contributed by atoms with Crippen LogP contribution < -0.4 is 5.32 Å². The summed E-state index contributed by atoms with van der Waals surface area (Å²) in [6.45, 7) is 2.07. The average Bonchev–Trinajstić information content (AvgIpc) is 2.55. The largest absolute Gasteiger partial charge is 0.478 e. The average molecular weight is 311 g/mol. The van der Waals surface area contributed by atoms with Crippen LogP contribution in [0.5, 0.6) is 0 Å². The molecule has 0 spiro atoms. The van der Waals surface area contributed by atoms with E-state index in [1.165, 1.54) is 24.3 Å². The number of carbonyl (C=O) groups excluding carboxylic acids is 2. The molecule has 0 fully saturated rings. The molecule has 0 aliphatic rings. The predicted molar refractivity (Wildman–Crippen MR) is 86.8 cm³/mol. The van der Waals surface area contributed by atoms with E-state index in [2.05, 4.69) is 12.2 Å². The van der Waals surface area contributed by atoms with E-state index in [9.17, 15) is 14.4 Å². The van der Waals surface area contributed by atoms with Gasteiger partial charge in [-0.25, -0.2) is 4.79 Å². The fraction of sp³-hybridized carbons (Fsp3) is 0.167. The highest BCUT2D eigenvalue weighted by atomic mass is 16.4. The summed E-state index contributed by atoms with van der Waals surface area (Å²) in [6, 6.07) is 12.6. The minimum Gasteiger partial charge on any atom is -0.478 e. The molecule has 2 aromatic rings. The number of benzene rings is 2. The Morgan fingerprint density at radius 2 is 1.48 bits per heavy atom. The van der Waals surface area contributed by atoms with Crippen molar-refractivity contribution in [3.63, 3.8) is 0 Å². The van der Waals surface area contributed by atoms with E-state index in [0.717, 1.165) is 18.4 Å². The third-order valence-electron chi connectivity index (χ3n) is 3.35. The molecule has 0 aliphatic carbocycles. The van der Waals surface area contributed by atoms with Gasteiger partial charge in [-0.15, -0.1) is 0 Å². The van der Waals surface area contributed by atoms with Gasteiger partial charge in [0.2, 0.25) is 0 Å². The number of carboxylic acids is 1. The van der Waals surface area contributed by atoms with E-state index in [1.807, 2.05) is 12.1 Å². The molecule has 0 aliphatic heterocycles. The number of nitrogens with one attached hydrogen (secondary N) is 1. The van der Waals surface area contributed by atoms with Crippen molar-refractivity contribution in [1.82, 2.24) is 0 Å². The Labute approximate surface area is 134 Å².